The van der Waals surface area contributed by atoms with Crippen molar-refractivity contribution in [2.45, 2.75) is 45.4 Å². The van der Waals surface area contributed by atoms with Crippen LogP contribution in [0.3, 0.4) is 0 Å². The van der Waals surface area contributed by atoms with Gasteiger partial charge in [-0.3, -0.25) is 4.79 Å². The van der Waals surface area contributed by atoms with E-state index in [1.165, 1.54) is 0 Å². The van der Waals surface area contributed by atoms with Crippen LogP contribution in [0.1, 0.15) is 33.6 Å². The fraction of sp³-hybridized carbons (Fsp3) is 0.900. The molecule has 2 atom stereocenters. The van der Waals surface area contributed by atoms with Gasteiger partial charge in [0.15, 0.2) is 0 Å². The summed E-state index contributed by atoms with van der Waals surface area (Å²) in [6, 6.07) is 0.446. The number of carbonyl (C=O) groups is 1. The molecule has 2 aliphatic rings. The fourth-order valence-corrected chi connectivity index (χ4v) is 2.55. The molecule has 0 aromatic rings. The molecule has 0 bridgehead atoms. The average Bonchev–Trinajstić information content (AvgIpc) is 2.02. The molecule has 2 fully saturated rings. The van der Waals surface area contributed by atoms with E-state index in [4.69, 9.17) is 4.74 Å². The van der Waals surface area contributed by atoms with E-state index in [1.807, 2.05) is 18.7 Å². The standard InChI is InChI=1S/C10H17NO2/c1-4-7-8-5-6-13-10(2,3)11(8)9(7)12/h7-8H,4-6H2,1-3H3. The fourth-order valence-electron chi connectivity index (χ4n) is 2.55. The summed E-state index contributed by atoms with van der Waals surface area (Å²) >= 11 is 0. The van der Waals surface area contributed by atoms with Crippen LogP contribution < -0.4 is 0 Å². The lowest BCUT2D eigenvalue weighted by atomic mass is 9.80. The Morgan fingerprint density at radius 3 is 2.92 bits per heavy atom. The van der Waals surface area contributed by atoms with Gasteiger partial charge in [-0.25, -0.2) is 0 Å². The molecule has 0 aliphatic carbocycles. The van der Waals surface area contributed by atoms with Crippen molar-refractivity contribution in [2.24, 2.45) is 5.92 Å². The number of rotatable bonds is 1. The van der Waals surface area contributed by atoms with E-state index in [1.54, 1.807) is 0 Å². The van der Waals surface area contributed by atoms with Crippen LogP contribution in [-0.4, -0.2) is 29.2 Å². The van der Waals surface area contributed by atoms with Crippen LogP contribution in [0.4, 0.5) is 0 Å². The van der Waals surface area contributed by atoms with Crippen LogP contribution in [0.25, 0.3) is 0 Å². The van der Waals surface area contributed by atoms with E-state index >= 15 is 0 Å². The number of ether oxygens (including phenoxy) is 1. The maximum Gasteiger partial charge on any atom is 0.230 e. The van der Waals surface area contributed by atoms with Gasteiger partial charge in [0.25, 0.3) is 0 Å². The Bertz CT molecular complexity index is 237. The highest BCUT2D eigenvalue weighted by Gasteiger charge is 2.54. The normalized spacial score (nSPS) is 36.8. The van der Waals surface area contributed by atoms with E-state index in [9.17, 15) is 4.79 Å². The summed E-state index contributed by atoms with van der Waals surface area (Å²) in [4.78, 5) is 13.6. The second-order valence-corrected chi connectivity index (χ2v) is 4.37. The van der Waals surface area contributed by atoms with E-state index in [0.717, 1.165) is 19.4 Å². The summed E-state index contributed by atoms with van der Waals surface area (Å²) in [5.41, 5.74) is -0.369. The van der Waals surface area contributed by atoms with Crippen LogP contribution >= 0.6 is 0 Å². The van der Waals surface area contributed by atoms with Crippen LogP contribution in [0.15, 0.2) is 0 Å². The molecule has 3 nitrogen and oxygen atoms in total. The smallest absolute Gasteiger partial charge is 0.230 e. The summed E-state index contributed by atoms with van der Waals surface area (Å²) in [5.74, 6) is 0.542. The molecule has 0 aromatic carbocycles. The zero-order valence-corrected chi connectivity index (χ0v) is 8.54. The second-order valence-electron chi connectivity index (χ2n) is 4.37. The Morgan fingerprint density at radius 1 is 1.62 bits per heavy atom. The van der Waals surface area contributed by atoms with Gasteiger partial charge in [0.1, 0.15) is 5.72 Å². The average molecular weight is 183 g/mol. The van der Waals surface area contributed by atoms with Gasteiger partial charge in [-0.1, -0.05) is 6.92 Å². The summed E-state index contributed by atoms with van der Waals surface area (Å²) in [5, 5.41) is 0. The van der Waals surface area contributed by atoms with Crippen LogP contribution in [0.2, 0.25) is 0 Å². The molecule has 2 unspecified atom stereocenters. The Morgan fingerprint density at radius 2 is 2.31 bits per heavy atom. The number of fused-ring (bicyclic) bond motifs is 1. The first-order valence-electron chi connectivity index (χ1n) is 5.05. The van der Waals surface area contributed by atoms with Crippen molar-refractivity contribution >= 4 is 5.91 Å². The Balaban J connectivity index is 2.16. The van der Waals surface area contributed by atoms with E-state index in [-0.39, 0.29) is 17.6 Å². The van der Waals surface area contributed by atoms with Gasteiger partial charge >= 0.3 is 0 Å². The quantitative estimate of drug-likeness (QED) is 0.575. The monoisotopic (exact) mass is 183 g/mol. The lowest BCUT2D eigenvalue weighted by Gasteiger charge is -2.57. The van der Waals surface area contributed by atoms with Gasteiger partial charge in [0, 0.05) is 6.04 Å². The highest BCUT2D eigenvalue weighted by molar-refractivity contribution is 5.86. The van der Waals surface area contributed by atoms with Gasteiger partial charge in [0.2, 0.25) is 5.91 Å². The SMILES string of the molecule is CCC1C(=O)N2C1CCOC2(C)C. The molecule has 0 radical (unpaired) electrons. The lowest BCUT2D eigenvalue weighted by molar-refractivity contribution is -0.233. The summed E-state index contributed by atoms with van der Waals surface area (Å²) in [6.45, 7) is 6.83. The van der Waals surface area contributed by atoms with Gasteiger partial charge in [-0.15, -0.1) is 0 Å². The lowest BCUT2D eigenvalue weighted by Crippen LogP contribution is -2.71. The number of β-lactam (4-membered cyclic amide) rings is 1. The molecule has 0 N–H and O–H groups in total. The minimum absolute atomic E-state index is 0.267. The molecule has 74 valence electrons. The summed E-state index contributed by atoms with van der Waals surface area (Å²) < 4.78 is 5.57. The predicted molar refractivity (Wildman–Crippen MR) is 49.1 cm³/mol. The minimum atomic E-state index is -0.369. The molecule has 2 aliphatic heterocycles. The van der Waals surface area contributed by atoms with Crippen LogP contribution in [-0.2, 0) is 9.53 Å². The van der Waals surface area contributed by atoms with Gasteiger partial charge in [0.05, 0.1) is 12.5 Å². The van der Waals surface area contributed by atoms with Crippen molar-refractivity contribution in [1.82, 2.24) is 4.90 Å². The van der Waals surface area contributed by atoms with Crippen LogP contribution in [0.5, 0.6) is 0 Å². The summed E-state index contributed by atoms with van der Waals surface area (Å²) in [7, 11) is 0. The molecular weight excluding hydrogens is 166 g/mol. The molecule has 1 amide bonds. The van der Waals surface area contributed by atoms with Crippen molar-refractivity contribution in [1.29, 1.82) is 0 Å². The Hall–Kier alpha value is -0.570. The third-order valence-electron chi connectivity index (χ3n) is 3.24. The Kier molecular flexibility index (Phi) is 1.88. The van der Waals surface area contributed by atoms with E-state index in [2.05, 4.69) is 6.92 Å². The zero-order chi connectivity index (χ0) is 9.64. The molecule has 0 saturated carbocycles. The third-order valence-corrected chi connectivity index (χ3v) is 3.24. The number of hydrogen-bond donors (Lipinski definition) is 0. The minimum Gasteiger partial charge on any atom is -0.356 e. The van der Waals surface area contributed by atoms with Crippen molar-refractivity contribution in [2.75, 3.05) is 6.61 Å². The highest BCUT2D eigenvalue weighted by atomic mass is 16.5. The molecule has 3 heteroatoms. The molecule has 2 saturated heterocycles. The first-order chi connectivity index (χ1) is 6.08. The number of nitrogens with zero attached hydrogens (tertiary/aromatic N) is 1. The summed E-state index contributed by atoms with van der Waals surface area (Å²) in [6.07, 6.45) is 1.98. The molecule has 2 rings (SSSR count). The molecular formula is C10H17NO2. The van der Waals surface area contributed by atoms with Gasteiger partial charge in [-0.2, -0.15) is 0 Å². The maximum absolute atomic E-state index is 11.7. The maximum atomic E-state index is 11.7. The van der Waals surface area contributed by atoms with Gasteiger partial charge in [-0.05, 0) is 26.7 Å². The number of carbonyl (C=O) groups excluding carboxylic acids is 1. The zero-order valence-electron chi connectivity index (χ0n) is 8.54. The Labute approximate surface area is 79.0 Å². The highest BCUT2D eigenvalue weighted by Crippen LogP contribution is 2.41. The van der Waals surface area contributed by atoms with Crippen molar-refractivity contribution in [3.63, 3.8) is 0 Å². The molecule has 2 heterocycles. The number of hydrogen-bond acceptors (Lipinski definition) is 2. The molecule has 0 spiro atoms. The van der Waals surface area contributed by atoms with Crippen molar-refractivity contribution < 1.29 is 9.53 Å². The first-order valence-corrected chi connectivity index (χ1v) is 5.05. The third kappa shape index (κ3) is 1.10. The van der Waals surface area contributed by atoms with E-state index in [0.29, 0.717) is 6.04 Å². The predicted octanol–water partition coefficient (Wildman–Crippen LogP) is 1.38. The van der Waals surface area contributed by atoms with Crippen molar-refractivity contribution in [3.05, 3.63) is 0 Å². The second kappa shape index (κ2) is 2.71. The van der Waals surface area contributed by atoms with Crippen LogP contribution in [0, 0.1) is 5.92 Å². The van der Waals surface area contributed by atoms with Crippen molar-refractivity contribution in [3.8, 4) is 0 Å². The topological polar surface area (TPSA) is 29.5 Å². The molecule has 0 aromatic heterocycles. The van der Waals surface area contributed by atoms with Gasteiger partial charge < -0.3 is 9.64 Å². The number of amides is 1. The first kappa shape index (κ1) is 9.00. The van der Waals surface area contributed by atoms with E-state index < -0.39 is 0 Å². The largest absolute Gasteiger partial charge is 0.356 e. The molecule has 13 heavy (non-hydrogen) atoms.